The van der Waals surface area contributed by atoms with Gasteiger partial charge in [-0.15, -0.1) is 0 Å². The molecule has 0 radical (unpaired) electrons. The van der Waals surface area contributed by atoms with Gasteiger partial charge in [-0.25, -0.2) is 0 Å². The molecule has 0 aliphatic heterocycles. The topological polar surface area (TPSA) is 21.3 Å². The minimum absolute atomic E-state index is 0.0321. The molecule has 1 N–H and O–H groups in total. The molecular weight excluding hydrogens is 364 g/mol. The molecule has 6 heteroatoms. The van der Waals surface area contributed by atoms with Gasteiger partial charge in [0.15, 0.2) is 0 Å². The second kappa shape index (κ2) is 7.09. The molecule has 21 heavy (non-hydrogen) atoms. The van der Waals surface area contributed by atoms with E-state index in [1.807, 2.05) is 25.1 Å². The van der Waals surface area contributed by atoms with Gasteiger partial charge in [0, 0.05) is 16.7 Å². The third-order valence-electron chi connectivity index (χ3n) is 2.88. The number of anilines is 1. The summed E-state index contributed by atoms with van der Waals surface area (Å²) in [6, 6.07) is 10.7. The Morgan fingerprint density at radius 3 is 2.62 bits per heavy atom. The zero-order valence-corrected chi connectivity index (χ0v) is 13.5. The Hall–Kier alpha value is -1.33. The van der Waals surface area contributed by atoms with E-state index in [9.17, 15) is 8.78 Å². The third kappa shape index (κ3) is 4.58. The molecule has 0 atom stereocenters. The van der Waals surface area contributed by atoms with Crippen molar-refractivity contribution in [2.45, 2.75) is 20.1 Å². The number of rotatable bonds is 5. The van der Waals surface area contributed by atoms with Gasteiger partial charge in [0.1, 0.15) is 5.75 Å². The minimum Gasteiger partial charge on any atom is -0.433 e. The van der Waals surface area contributed by atoms with Gasteiger partial charge in [0.2, 0.25) is 0 Å². The van der Waals surface area contributed by atoms with Crippen LogP contribution in [0.1, 0.15) is 11.1 Å². The molecule has 112 valence electrons. The molecule has 2 aromatic rings. The molecule has 0 saturated heterocycles. The summed E-state index contributed by atoms with van der Waals surface area (Å²) in [5.74, 6) is -0.0321. The highest BCUT2D eigenvalue weighted by atomic mass is 79.9. The maximum absolute atomic E-state index is 12.1. The van der Waals surface area contributed by atoms with Crippen molar-refractivity contribution in [3.8, 4) is 5.75 Å². The number of halogens is 4. The molecule has 0 heterocycles. The smallest absolute Gasteiger partial charge is 0.387 e. The van der Waals surface area contributed by atoms with Crippen LogP contribution in [-0.4, -0.2) is 6.61 Å². The van der Waals surface area contributed by atoms with Crippen molar-refractivity contribution in [1.29, 1.82) is 0 Å². The van der Waals surface area contributed by atoms with Crippen molar-refractivity contribution >= 4 is 33.2 Å². The summed E-state index contributed by atoms with van der Waals surface area (Å²) in [7, 11) is 0. The normalized spacial score (nSPS) is 10.8. The average Bonchev–Trinajstić information content (AvgIpc) is 2.42. The van der Waals surface area contributed by atoms with Gasteiger partial charge in [0.05, 0.1) is 5.02 Å². The number of ether oxygens (including phenoxy) is 1. The molecule has 0 amide bonds. The summed E-state index contributed by atoms with van der Waals surface area (Å²) in [6.45, 7) is -0.265. The molecule has 0 aliphatic rings. The van der Waals surface area contributed by atoms with Crippen molar-refractivity contribution in [3.05, 3.63) is 57.0 Å². The number of hydrogen-bond acceptors (Lipinski definition) is 2. The van der Waals surface area contributed by atoms with Gasteiger partial charge in [0.25, 0.3) is 0 Å². The first-order valence-electron chi connectivity index (χ1n) is 6.19. The van der Waals surface area contributed by atoms with Gasteiger partial charge in [-0.05, 0) is 42.3 Å². The Labute approximate surface area is 135 Å². The van der Waals surface area contributed by atoms with Gasteiger partial charge in [-0.1, -0.05) is 39.7 Å². The highest BCUT2D eigenvalue weighted by Gasteiger charge is 2.09. The summed E-state index contributed by atoms with van der Waals surface area (Å²) in [5.41, 5.74) is 2.99. The SMILES string of the molecule is Cc1ccc(CNc2ccc(OC(F)F)c(Cl)c2)cc1Br. The maximum atomic E-state index is 12.1. The van der Waals surface area contributed by atoms with E-state index in [1.165, 1.54) is 6.07 Å². The molecule has 0 fully saturated rings. The molecular formula is C15H13BrClF2NO. The summed E-state index contributed by atoms with van der Waals surface area (Å²) in [5, 5.41) is 3.32. The van der Waals surface area contributed by atoms with E-state index in [-0.39, 0.29) is 10.8 Å². The second-order valence-corrected chi connectivity index (χ2v) is 5.72. The average molecular weight is 377 g/mol. The van der Waals surface area contributed by atoms with Crippen molar-refractivity contribution in [3.63, 3.8) is 0 Å². The van der Waals surface area contributed by atoms with E-state index in [0.717, 1.165) is 21.3 Å². The zero-order chi connectivity index (χ0) is 15.4. The predicted octanol–water partition coefficient (Wildman–Crippen LogP) is 5.62. The number of alkyl halides is 2. The van der Waals surface area contributed by atoms with Crippen LogP contribution < -0.4 is 10.1 Å². The highest BCUT2D eigenvalue weighted by Crippen LogP contribution is 2.29. The fraction of sp³-hybridized carbons (Fsp3) is 0.200. The summed E-state index contributed by atoms with van der Waals surface area (Å²) in [4.78, 5) is 0. The van der Waals surface area contributed by atoms with Gasteiger partial charge in [-0.3, -0.25) is 0 Å². The number of benzene rings is 2. The van der Waals surface area contributed by atoms with E-state index < -0.39 is 6.61 Å². The first-order chi connectivity index (χ1) is 9.95. The standard InChI is InChI=1S/C15H13BrClF2NO/c1-9-2-3-10(6-12(9)16)8-20-11-4-5-14(13(17)7-11)21-15(18)19/h2-7,15,20H,8H2,1H3. The van der Waals surface area contributed by atoms with Crippen molar-refractivity contribution in [2.75, 3.05) is 5.32 Å². The Balaban J connectivity index is 2.03. The van der Waals surface area contributed by atoms with Crippen molar-refractivity contribution < 1.29 is 13.5 Å². The Bertz CT molecular complexity index is 637. The van der Waals surface area contributed by atoms with Crippen LogP contribution in [0.5, 0.6) is 5.75 Å². The van der Waals surface area contributed by atoms with E-state index in [1.54, 1.807) is 12.1 Å². The van der Waals surface area contributed by atoms with Crippen LogP contribution >= 0.6 is 27.5 Å². The lowest BCUT2D eigenvalue weighted by molar-refractivity contribution is -0.0497. The van der Waals surface area contributed by atoms with Crippen LogP contribution in [-0.2, 0) is 6.54 Å². The Morgan fingerprint density at radius 2 is 2.00 bits per heavy atom. The Morgan fingerprint density at radius 1 is 1.24 bits per heavy atom. The van der Waals surface area contributed by atoms with E-state index in [4.69, 9.17) is 11.6 Å². The molecule has 0 unspecified atom stereocenters. The van der Waals surface area contributed by atoms with Gasteiger partial charge < -0.3 is 10.1 Å². The van der Waals surface area contributed by atoms with Gasteiger partial charge >= 0.3 is 6.61 Å². The molecule has 0 saturated carbocycles. The molecule has 0 bridgehead atoms. The fourth-order valence-electron chi connectivity index (χ4n) is 1.75. The van der Waals surface area contributed by atoms with E-state index in [2.05, 4.69) is 26.0 Å². The lowest BCUT2D eigenvalue weighted by Gasteiger charge is -2.11. The van der Waals surface area contributed by atoms with Crippen LogP contribution in [0, 0.1) is 6.92 Å². The molecule has 2 nitrogen and oxygen atoms in total. The van der Waals surface area contributed by atoms with Gasteiger partial charge in [-0.2, -0.15) is 8.78 Å². The van der Waals surface area contributed by atoms with Crippen molar-refractivity contribution in [2.24, 2.45) is 0 Å². The van der Waals surface area contributed by atoms with Crippen molar-refractivity contribution in [1.82, 2.24) is 0 Å². The highest BCUT2D eigenvalue weighted by molar-refractivity contribution is 9.10. The minimum atomic E-state index is -2.88. The number of hydrogen-bond donors (Lipinski definition) is 1. The fourth-order valence-corrected chi connectivity index (χ4v) is 2.40. The number of aryl methyl sites for hydroxylation is 1. The summed E-state index contributed by atoms with van der Waals surface area (Å²) < 4.78 is 29.6. The molecule has 2 rings (SSSR count). The van der Waals surface area contributed by atoms with Crippen LogP contribution in [0.2, 0.25) is 5.02 Å². The molecule has 2 aromatic carbocycles. The van der Waals surface area contributed by atoms with Crippen LogP contribution in [0.3, 0.4) is 0 Å². The van der Waals surface area contributed by atoms with Crippen LogP contribution in [0.4, 0.5) is 14.5 Å². The lowest BCUT2D eigenvalue weighted by atomic mass is 10.1. The number of nitrogens with one attached hydrogen (secondary N) is 1. The van der Waals surface area contributed by atoms with Crippen LogP contribution in [0.15, 0.2) is 40.9 Å². The Kier molecular flexibility index (Phi) is 5.42. The van der Waals surface area contributed by atoms with Crippen LogP contribution in [0.25, 0.3) is 0 Å². The maximum Gasteiger partial charge on any atom is 0.387 e. The molecule has 0 aliphatic carbocycles. The first-order valence-corrected chi connectivity index (χ1v) is 7.36. The molecule has 0 spiro atoms. The predicted molar refractivity (Wildman–Crippen MR) is 84.3 cm³/mol. The molecule has 0 aromatic heterocycles. The second-order valence-electron chi connectivity index (χ2n) is 4.46. The quantitative estimate of drug-likeness (QED) is 0.731. The summed E-state index contributed by atoms with van der Waals surface area (Å²) >= 11 is 9.38. The third-order valence-corrected chi connectivity index (χ3v) is 4.03. The summed E-state index contributed by atoms with van der Waals surface area (Å²) in [6.07, 6.45) is 0. The monoisotopic (exact) mass is 375 g/mol. The first kappa shape index (κ1) is 16.0. The van der Waals surface area contributed by atoms with E-state index >= 15 is 0 Å². The largest absolute Gasteiger partial charge is 0.433 e. The zero-order valence-electron chi connectivity index (χ0n) is 11.2. The lowest BCUT2D eigenvalue weighted by Crippen LogP contribution is -2.03. The van der Waals surface area contributed by atoms with E-state index in [0.29, 0.717) is 6.54 Å².